The van der Waals surface area contributed by atoms with Gasteiger partial charge in [-0.25, -0.2) is 14.4 Å². The fourth-order valence-electron chi connectivity index (χ4n) is 1.50. The van der Waals surface area contributed by atoms with Gasteiger partial charge >= 0.3 is 0 Å². The molecule has 0 saturated carbocycles. The molecule has 0 aliphatic rings. The predicted molar refractivity (Wildman–Crippen MR) is 64.1 cm³/mol. The van der Waals surface area contributed by atoms with E-state index in [2.05, 4.69) is 9.97 Å². The number of benzene rings is 1. The lowest BCUT2D eigenvalue weighted by Gasteiger charge is -2.04. The van der Waals surface area contributed by atoms with Crippen LogP contribution in [0.15, 0.2) is 30.5 Å². The summed E-state index contributed by atoms with van der Waals surface area (Å²) in [6.07, 6.45) is 1.92. The van der Waals surface area contributed by atoms with Gasteiger partial charge in [0.05, 0.1) is 10.7 Å². The molecule has 0 aliphatic carbocycles. The van der Waals surface area contributed by atoms with E-state index >= 15 is 0 Å². The Morgan fingerprint density at radius 2 is 2.12 bits per heavy atom. The molecule has 0 radical (unpaired) electrons. The van der Waals surface area contributed by atoms with E-state index < -0.39 is 5.82 Å². The van der Waals surface area contributed by atoms with Gasteiger partial charge in [0.15, 0.2) is 0 Å². The molecule has 5 heteroatoms. The summed E-state index contributed by atoms with van der Waals surface area (Å²) in [6.45, 7) is 0.341. The van der Waals surface area contributed by atoms with E-state index in [0.29, 0.717) is 24.4 Å². The van der Waals surface area contributed by atoms with Gasteiger partial charge in [-0.05, 0) is 17.7 Å². The second-order valence-corrected chi connectivity index (χ2v) is 3.97. The lowest BCUT2D eigenvalue weighted by molar-refractivity contribution is 0.612. The molecule has 1 heterocycles. The molecule has 88 valence electrons. The lowest BCUT2D eigenvalue weighted by Crippen LogP contribution is -2.05. The number of hydrogen-bond donors (Lipinski definition) is 1. The standard InChI is InChI=1S/C12H11ClFN3/c13-10-3-1-2-8(12(10)14)6-11-16-5-4-9(7-15)17-11/h1-5H,6-7,15H2. The molecule has 0 spiro atoms. The van der Waals surface area contributed by atoms with Crippen LogP contribution in [0.2, 0.25) is 5.02 Å². The molecule has 0 amide bonds. The summed E-state index contributed by atoms with van der Waals surface area (Å²) in [7, 11) is 0. The largest absolute Gasteiger partial charge is 0.325 e. The second kappa shape index (κ2) is 5.21. The van der Waals surface area contributed by atoms with Crippen molar-refractivity contribution in [1.29, 1.82) is 0 Å². The first-order chi connectivity index (χ1) is 8.20. The average molecular weight is 252 g/mol. The quantitative estimate of drug-likeness (QED) is 0.911. The summed E-state index contributed by atoms with van der Waals surface area (Å²) >= 11 is 5.70. The van der Waals surface area contributed by atoms with Gasteiger partial charge in [0, 0.05) is 19.2 Å². The Kier molecular flexibility index (Phi) is 3.66. The van der Waals surface area contributed by atoms with Gasteiger partial charge in [-0.15, -0.1) is 0 Å². The summed E-state index contributed by atoms with van der Waals surface area (Å²) in [4.78, 5) is 8.29. The van der Waals surface area contributed by atoms with Gasteiger partial charge in [-0.2, -0.15) is 0 Å². The maximum atomic E-state index is 13.7. The van der Waals surface area contributed by atoms with E-state index in [-0.39, 0.29) is 5.02 Å². The van der Waals surface area contributed by atoms with Crippen LogP contribution in [0.3, 0.4) is 0 Å². The molecule has 3 nitrogen and oxygen atoms in total. The van der Waals surface area contributed by atoms with Crippen LogP contribution in [0.25, 0.3) is 0 Å². The molecular formula is C12H11ClFN3. The minimum absolute atomic E-state index is 0.109. The topological polar surface area (TPSA) is 51.8 Å². The van der Waals surface area contributed by atoms with Crippen LogP contribution in [-0.2, 0) is 13.0 Å². The van der Waals surface area contributed by atoms with Crippen LogP contribution in [0, 0.1) is 5.82 Å². The van der Waals surface area contributed by atoms with Crippen molar-refractivity contribution >= 4 is 11.6 Å². The van der Waals surface area contributed by atoms with Crippen molar-refractivity contribution in [3.8, 4) is 0 Å². The van der Waals surface area contributed by atoms with Gasteiger partial charge in [-0.1, -0.05) is 23.7 Å². The Bertz CT molecular complexity index is 531. The summed E-state index contributed by atoms with van der Waals surface area (Å²) < 4.78 is 13.7. The number of aromatic nitrogens is 2. The predicted octanol–water partition coefficient (Wildman–Crippen LogP) is 2.32. The SMILES string of the molecule is NCc1ccnc(Cc2cccc(Cl)c2F)n1. The van der Waals surface area contributed by atoms with Crippen molar-refractivity contribution < 1.29 is 4.39 Å². The molecular weight excluding hydrogens is 241 g/mol. The van der Waals surface area contributed by atoms with Crippen LogP contribution >= 0.6 is 11.6 Å². The molecule has 2 rings (SSSR count). The van der Waals surface area contributed by atoms with Crippen molar-refractivity contribution in [3.63, 3.8) is 0 Å². The maximum Gasteiger partial charge on any atom is 0.145 e. The Morgan fingerprint density at radius 3 is 2.88 bits per heavy atom. The molecule has 0 unspecified atom stereocenters. The number of rotatable bonds is 3. The molecule has 0 saturated heterocycles. The van der Waals surface area contributed by atoms with Crippen LogP contribution in [0.1, 0.15) is 17.1 Å². The van der Waals surface area contributed by atoms with Crippen LogP contribution in [0.5, 0.6) is 0 Å². The Labute approximate surface area is 103 Å². The zero-order valence-corrected chi connectivity index (χ0v) is 9.78. The fourth-order valence-corrected chi connectivity index (χ4v) is 1.69. The smallest absolute Gasteiger partial charge is 0.145 e. The maximum absolute atomic E-state index is 13.7. The molecule has 0 bridgehead atoms. The molecule has 1 aromatic carbocycles. The van der Waals surface area contributed by atoms with E-state index in [1.165, 1.54) is 6.07 Å². The van der Waals surface area contributed by atoms with E-state index in [4.69, 9.17) is 17.3 Å². The summed E-state index contributed by atoms with van der Waals surface area (Å²) in [5.74, 6) is 0.116. The highest BCUT2D eigenvalue weighted by atomic mass is 35.5. The Balaban J connectivity index is 2.28. The number of nitrogens with two attached hydrogens (primary N) is 1. The first-order valence-electron chi connectivity index (χ1n) is 5.14. The molecule has 0 fully saturated rings. The lowest BCUT2D eigenvalue weighted by atomic mass is 10.1. The third-order valence-electron chi connectivity index (χ3n) is 2.35. The minimum Gasteiger partial charge on any atom is -0.325 e. The van der Waals surface area contributed by atoms with Crippen LogP contribution in [-0.4, -0.2) is 9.97 Å². The normalized spacial score (nSPS) is 10.5. The summed E-state index contributed by atoms with van der Waals surface area (Å²) in [5.41, 5.74) is 6.69. The number of hydrogen-bond acceptors (Lipinski definition) is 3. The summed E-state index contributed by atoms with van der Waals surface area (Å²) in [6, 6.07) is 6.61. The van der Waals surface area contributed by atoms with E-state index in [1.807, 2.05) is 0 Å². The molecule has 2 N–H and O–H groups in total. The van der Waals surface area contributed by atoms with Crippen molar-refractivity contribution in [1.82, 2.24) is 9.97 Å². The van der Waals surface area contributed by atoms with Gasteiger partial charge < -0.3 is 5.73 Å². The van der Waals surface area contributed by atoms with Crippen LogP contribution < -0.4 is 5.73 Å². The second-order valence-electron chi connectivity index (χ2n) is 3.56. The first-order valence-corrected chi connectivity index (χ1v) is 5.52. The van der Waals surface area contributed by atoms with Crippen molar-refractivity contribution in [3.05, 3.63) is 58.4 Å². The molecule has 17 heavy (non-hydrogen) atoms. The Morgan fingerprint density at radius 1 is 1.29 bits per heavy atom. The monoisotopic (exact) mass is 251 g/mol. The number of nitrogens with zero attached hydrogens (tertiary/aromatic N) is 2. The van der Waals surface area contributed by atoms with E-state index in [1.54, 1.807) is 24.4 Å². The zero-order chi connectivity index (χ0) is 12.3. The van der Waals surface area contributed by atoms with Crippen molar-refractivity contribution in [2.75, 3.05) is 0 Å². The van der Waals surface area contributed by atoms with Crippen molar-refractivity contribution in [2.24, 2.45) is 5.73 Å². The third kappa shape index (κ3) is 2.78. The highest BCUT2D eigenvalue weighted by Crippen LogP contribution is 2.19. The zero-order valence-electron chi connectivity index (χ0n) is 9.03. The van der Waals surface area contributed by atoms with Crippen LogP contribution in [0.4, 0.5) is 4.39 Å². The van der Waals surface area contributed by atoms with E-state index in [9.17, 15) is 4.39 Å². The van der Waals surface area contributed by atoms with Gasteiger partial charge in [0.2, 0.25) is 0 Å². The van der Waals surface area contributed by atoms with Crippen molar-refractivity contribution in [2.45, 2.75) is 13.0 Å². The highest BCUT2D eigenvalue weighted by Gasteiger charge is 2.08. The van der Waals surface area contributed by atoms with Gasteiger partial charge in [0.1, 0.15) is 11.6 Å². The molecule has 1 aromatic heterocycles. The first kappa shape index (κ1) is 12.0. The molecule has 0 aliphatic heterocycles. The number of halogens is 2. The third-order valence-corrected chi connectivity index (χ3v) is 2.64. The van der Waals surface area contributed by atoms with Gasteiger partial charge in [0.25, 0.3) is 0 Å². The fraction of sp³-hybridized carbons (Fsp3) is 0.167. The molecule has 2 aromatic rings. The van der Waals surface area contributed by atoms with Gasteiger partial charge in [-0.3, -0.25) is 0 Å². The average Bonchev–Trinajstić information content (AvgIpc) is 2.35. The summed E-state index contributed by atoms with van der Waals surface area (Å²) in [5, 5.41) is 0.109. The minimum atomic E-state index is -0.420. The molecule has 0 atom stereocenters. The Hall–Kier alpha value is -1.52. The highest BCUT2D eigenvalue weighted by molar-refractivity contribution is 6.30. The van der Waals surface area contributed by atoms with E-state index in [0.717, 1.165) is 5.69 Å².